The lowest BCUT2D eigenvalue weighted by atomic mass is 9.99. The zero-order valence-electron chi connectivity index (χ0n) is 12.4. The van der Waals surface area contributed by atoms with Gasteiger partial charge in [0.2, 0.25) is 11.8 Å². The van der Waals surface area contributed by atoms with Crippen molar-refractivity contribution in [1.29, 1.82) is 0 Å². The number of hydrogen-bond donors (Lipinski definition) is 0. The zero-order chi connectivity index (χ0) is 14.9. The molecule has 1 saturated carbocycles. The van der Waals surface area contributed by atoms with Crippen LogP contribution in [-0.2, 0) is 11.2 Å². The maximum absolute atomic E-state index is 12.2. The first kappa shape index (κ1) is 13.5. The molecule has 0 atom stereocenters. The molecule has 1 saturated heterocycles. The van der Waals surface area contributed by atoms with E-state index >= 15 is 0 Å². The highest BCUT2D eigenvalue weighted by molar-refractivity contribution is 5.77. The second-order valence-electron chi connectivity index (χ2n) is 6.25. The van der Waals surface area contributed by atoms with E-state index in [-0.39, 0.29) is 11.8 Å². The van der Waals surface area contributed by atoms with Gasteiger partial charge in [0.05, 0.1) is 5.92 Å². The van der Waals surface area contributed by atoms with Crippen LogP contribution in [0.3, 0.4) is 0 Å². The van der Waals surface area contributed by atoms with Crippen LogP contribution >= 0.6 is 0 Å². The maximum Gasteiger partial charge on any atom is 0.233 e. The summed E-state index contributed by atoms with van der Waals surface area (Å²) in [6.45, 7) is 1.42. The van der Waals surface area contributed by atoms with Crippen molar-refractivity contribution in [3.63, 3.8) is 0 Å². The Bertz CT molecular complexity index is 658. The molecule has 2 aliphatic rings. The van der Waals surface area contributed by atoms with Gasteiger partial charge in [0.15, 0.2) is 5.82 Å². The average Bonchev–Trinajstić information content (AvgIpc) is 3.24. The number of likely N-dealkylation sites (tertiary alicyclic amines) is 1. The molecule has 5 heteroatoms. The minimum absolute atomic E-state index is 0.210. The summed E-state index contributed by atoms with van der Waals surface area (Å²) in [6, 6.07) is 10.1. The average molecular weight is 297 g/mol. The SMILES string of the molecule is O=C(CCc1ccccc1)N1CC(c2nc(C3CC3)no2)C1. The van der Waals surface area contributed by atoms with Crippen LogP contribution in [0.2, 0.25) is 0 Å². The number of amides is 1. The number of aromatic nitrogens is 2. The second kappa shape index (κ2) is 5.55. The van der Waals surface area contributed by atoms with Gasteiger partial charge in [-0.25, -0.2) is 0 Å². The minimum Gasteiger partial charge on any atom is -0.341 e. The summed E-state index contributed by atoms with van der Waals surface area (Å²) in [5.74, 6) is 2.50. The second-order valence-corrected chi connectivity index (χ2v) is 6.25. The molecule has 0 radical (unpaired) electrons. The van der Waals surface area contributed by atoms with Crippen LogP contribution in [0.25, 0.3) is 0 Å². The van der Waals surface area contributed by atoms with E-state index in [2.05, 4.69) is 22.3 Å². The summed E-state index contributed by atoms with van der Waals surface area (Å²) in [7, 11) is 0. The molecule has 1 aliphatic carbocycles. The Hall–Kier alpha value is -2.17. The van der Waals surface area contributed by atoms with E-state index in [0.29, 0.717) is 31.3 Å². The van der Waals surface area contributed by atoms with E-state index in [1.807, 2.05) is 23.1 Å². The summed E-state index contributed by atoms with van der Waals surface area (Å²) in [4.78, 5) is 18.5. The van der Waals surface area contributed by atoms with Crippen molar-refractivity contribution >= 4 is 5.91 Å². The molecule has 1 aliphatic heterocycles. The minimum atomic E-state index is 0.210. The van der Waals surface area contributed by atoms with Gasteiger partial charge in [-0.05, 0) is 24.8 Å². The van der Waals surface area contributed by atoms with Crippen molar-refractivity contribution in [2.75, 3.05) is 13.1 Å². The van der Waals surface area contributed by atoms with E-state index in [4.69, 9.17) is 4.52 Å². The number of rotatable bonds is 5. The molecule has 0 N–H and O–H groups in total. The molecule has 114 valence electrons. The molecule has 2 aromatic rings. The van der Waals surface area contributed by atoms with Crippen LogP contribution in [0.5, 0.6) is 0 Å². The van der Waals surface area contributed by atoms with Crippen LogP contribution in [0.4, 0.5) is 0 Å². The third-order valence-electron chi connectivity index (χ3n) is 4.45. The predicted molar refractivity (Wildman–Crippen MR) is 80.4 cm³/mol. The monoisotopic (exact) mass is 297 g/mol. The number of hydrogen-bond acceptors (Lipinski definition) is 4. The fourth-order valence-electron chi connectivity index (χ4n) is 2.81. The highest BCUT2D eigenvalue weighted by Crippen LogP contribution is 2.39. The molecule has 4 rings (SSSR count). The van der Waals surface area contributed by atoms with Gasteiger partial charge in [-0.15, -0.1) is 0 Å². The van der Waals surface area contributed by atoms with E-state index in [0.717, 1.165) is 12.2 Å². The van der Waals surface area contributed by atoms with Crippen molar-refractivity contribution in [3.8, 4) is 0 Å². The molecule has 2 fully saturated rings. The van der Waals surface area contributed by atoms with E-state index < -0.39 is 0 Å². The zero-order valence-corrected chi connectivity index (χ0v) is 12.4. The van der Waals surface area contributed by atoms with Gasteiger partial charge in [-0.2, -0.15) is 4.98 Å². The third kappa shape index (κ3) is 2.75. The van der Waals surface area contributed by atoms with Gasteiger partial charge in [-0.3, -0.25) is 4.79 Å². The molecular formula is C17H19N3O2. The van der Waals surface area contributed by atoms with Crippen molar-refractivity contribution in [2.24, 2.45) is 0 Å². The third-order valence-corrected chi connectivity index (χ3v) is 4.45. The predicted octanol–water partition coefficient (Wildman–Crippen LogP) is 2.51. The number of benzene rings is 1. The van der Waals surface area contributed by atoms with Crippen molar-refractivity contribution in [1.82, 2.24) is 15.0 Å². The Morgan fingerprint density at radius 3 is 2.68 bits per heavy atom. The Labute approximate surface area is 129 Å². The Balaban J connectivity index is 1.26. The smallest absolute Gasteiger partial charge is 0.233 e. The molecule has 1 amide bonds. The highest BCUT2D eigenvalue weighted by atomic mass is 16.5. The first-order valence-electron chi connectivity index (χ1n) is 7.95. The van der Waals surface area contributed by atoms with Gasteiger partial charge >= 0.3 is 0 Å². The van der Waals surface area contributed by atoms with Crippen molar-refractivity contribution in [3.05, 3.63) is 47.6 Å². The topological polar surface area (TPSA) is 59.2 Å². The molecule has 22 heavy (non-hydrogen) atoms. The lowest BCUT2D eigenvalue weighted by Crippen LogP contribution is -2.48. The van der Waals surface area contributed by atoms with Gasteiger partial charge in [0, 0.05) is 25.4 Å². The molecule has 0 spiro atoms. The Morgan fingerprint density at radius 2 is 1.95 bits per heavy atom. The highest BCUT2D eigenvalue weighted by Gasteiger charge is 2.37. The number of carbonyl (C=O) groups is 1. The van der Waals surface area contributed by atoms with E-state index in [9.17, 15) is 4.79 Å². The molecule has 1 aromatic heterocycles. The molecule has 2 heterocycles. The Morgan fingerprint density at radius 1 is 1.18 bits per heavy atom. The lowest BCUT2D eigenvalue weighted by Gasteiger charge is -2.37. The first-order chi connectivity index (χ1) is 10.8. The standard InChI is InChI=1S/C17H19N3O2/c21-15(9-6-12-4-2-1-3-5-12)20-10-14(11-20)17-18-16(19-22-17)13-7-8-13/h1-5,13-14H,6-11H2. The number of aryl methyl sites for hydroxylation is 1. The molecule has 1 aromatic carbocycles. The van der Waals surface area contributed by atoms with Gasteiger partial charge in [-0.1, -0.05) is 35.5 Å². The summed E-state index contributed by atoms with van der Waals surface area (Å²) < 4.78 is 5.33. The van der Waals surface area contributed by atoms with Crippen LogP contribution in [0.15, 0.2) is 34.9 Å². The largest absolute Gasteiger partial charge is 0.341 e. The lowest BCUT2D eigenvalue weighted by molar-refractivity contribution is -0.135. The van der Waals surface area contributed by atoms with Crippen LogP contribution in [-0.4, -0.2) is 34.0 Å². The quantitative estimate of drug-likeness (QED) is 0.851. The van der Waals surface area contributed by atoms with Gasteiger partial charge in [0.1, 0.15) is 0 Å². The molecular weight excluding hydrogens is 278 g/mol. The Kier molecular flexibility index (Phi) is 3.41. The van der Waals surface area contributed by atoms with E-state index in [1.165, 1.54) is 18.4 Å². The molecule has 0 unspecified atom stereocenters. The van der Waals surface area contributed by atoms with Crippen LogP contribution in [0, 0.1) is 0 Å². The fourth-order valence-corrected chi connectivity index (χ4v) is 2.81. The van der Waals surface area contributed by atoms with Crippen molar-refractivity contribution < 1.29 is 9.32 Å². The maximum atomic E-state index is 12.2. The summed E-state index contributed by atoms with van der Waals surface area (Å²) in [5, 5.41) is 4.04. The summed E-state index contributed by atoms with van der Waals surface area (Å²) in [5.41, 5.74) is 1.21. The van der Waals surface area contributed by atoms with Gasteiger partial charge in [0.25, 0.3) is 0 Å². The molecule has 5 nitrogen and oxygen atoms in total. The van der Waals surface area contributed by atoms with E-state index in [1.54, 1.807) is 0 Å². The number of nitrogens with zero attached hydrogens (tertiary/aromatic N) is 3. The van der Waals surface area contributed by atoms with Crippen molar-refractivity contribution in [2.45, 2.75) is 37.5 Å². The summed E-state index contributed by atoms with van der Waals surface area (Å²) in [6.07, 6.45) is 3.71. The van der Waals surface area contributed by atoms with Crippen LogP contribution in [0.1, 0.15) is 48.4 Å². The number of carbonyl (C=O) groups excluding carboxylic acids is 1. The van der Waals surface area contributed by atoms with Crippen LogP contribution < -0.4 is 0 Å². The summed E-state index contributed by atoms with van der Waals surface area (Å²) >= 11 is 0. The fraction of sp³-hybridized carbons (Fsp3) is 0.471. The molecule has 0 bridgehead atoms. The normalized spacial score (nSPS) is 18.3. The first-order valence-corrected chi connectivity index (χ1v) is 7.95. The van der Waals surface area contributed by atoms with Gasteiger partial charge < -0.3 is 9.42 Å².